The molecule has 1 N–H and O–H groups in total. The lowest BCUT2D eigenvalue weighted by Gasteiger charge is -2.41. The first kappa shape index (κ1) is 22.6. The summed E-state index contributed by atoms with van der Waals surface area (Å²) in [5.41, 5.74) is 1.18. The molecule has 6 nitrogen and oxygen atoms in total. The Hall–Kier alpha value is -2.54. The molecular weight excluding hydrogens is 424 g/mol. The van der Waals surface area contributed by atoms with Crippen molar-refractivity contribution in [1.29, 1.82) is 0 Å². The molecule has 32 heavy (non-hydrogen) atoms. The van der Waals surface area contributed by atoms with E-state index in [0.29, 0.717) is 34.5 Å². The van der Waals surface area contributed by atoms with Crippen molar-refractivity contribution in [2.24, 2.45) is 11.8 Å². The Bertz CT molecular complexity index is 990. The molecule has 0 radical (unpaired) electrons. The number of hydrogen-bond acceptors (Lipinski definition) is 5. The van der Waals surface area contributed by atoms with Gasteiger partial charge in [0, 0.05) is 23.5 Å². The third-order valence-electron chi connectivity index (χ3n) is 7.33. The van der Waals surface area contributed by atoms with Crippen molar-refractivity contribution in [3.63, 3.8) is 0 Å². The summed E-state index contributed by atoms with van der Waals surface area (Å²) >= 11 is 1.57. The van der Waals surface area contributed by atoms with Gasteiger partial charge in [-0.15, -0.1) is 11.3 Å². The molecule has 1 aromatic heterocycles. The number of benzene rings is 1. The van der Waals surface area contributed by atoms with Gasteiger partial charge in [0.2, 0.25) is 5.91 Å². The number of methoxy groups -OCH3 is 2. The van der Waals surface area contributed by atoms with E-state index < -0.39 is 5.92 Å². The molecule has 0 bridgehead atoms. The van der Waals surface area contributed by atoms with Gasteiger partial charge in [0.05, 0.1) is 26.2 Å². The van der Waals surface area contributed by atoms with E-state index in [9.17, 15) is 9.59 Å². The summed E-state index contributed by atoms with van der Waals surface area (Å²) in [6.45, 7) is 4.49. The number of nitrogens with zero attached hydrogens (tertiary/aromatic N) is 1. The van der Waals surface area contributed by atoms with Gasteiger partial charge in [0.15, 0.2) is 11.5 Å². The zero-order valence-electron chi connectivity index (χ0n) is 19.4. The van der Waals surface area contributed by atoms with Gasteiger partial charge in [0.1, 0.15) is 0 Å². The maximum Gasteiger partial charge on any atom is 0.254 e. The highest BCUT2D eigenvalue weighted by molar-refractivity contribution is 7.10. The topological polar surface area (TPSA) is 67.9 Å². The molecule has 1 saturated carbocycles. The predicted molar refractivity (Wildman–Crippen MR) is 126 cm³/mol. The molecule has 1 aliphatic carbocycles. The van der Waals surface area contributed by atoms with Crippen LogP contribution in [0.3, 0.4) is 0 Å². The standard InChI is InChI=1S/C25H32N2O4S/c1-14-8-6-9-18(15(14)2)26-24(28)22-16-12-19(30-4)20(31-5)13-17(16)25(29)27(3)23(22)21-10-7-11-32-21/h7,10-15,18,22-23H,6,8-9H2,1-5H3,(H,26,28)/t14-,15-,18+,22-,23+/m0/s1. The second-order valence-corrected chi connectivity index (χ2v) is 10.0. The molecule has 1 fully saturated rings. The molecule has 2 aliphatic rings. The number of thiophene rings is 1. The van der Waals surface area contributed by atoms with Gasteiger partial charge in [-0.3, -0.25) is 9.59 Å². The summed E-state index contributed by atoms with van der Waals surface area (Å²) in [5.74, 6) is 1.30. The van der Waals surface area contributed by atoms with E-state index in [1.165, 1.54) is 6.42 Å². The van der Waals surface area contributed by atoms with Crippen LogP contribution in [-0.2, 0) is 4.79 Å². The van der Waals surface area contributed by atoms with Crippen molar-refractivity contribution < 1.29 is 19.1 Å². The SMILES string of the molecule is COc1cc2c(cc1OC)[C@H](C(=O)N[C@@H]1CCC[C@H](C)[C@@H]1C)[C@@H](c1cccs1)N(C)C2=O. The van der Waals surface area contributed by atoms with Crippen LogP contribution in [0.1, 0.15) is 65.9 Å². The fraction of sp³-hybridized carbons (Fsp3) is 0.520. The summed E-state index contributed by atoms with van der Waals surface area (Å²) < 4.78 is 11.0. The van der Waals surface area contributed by atoms with E-state index >= 15 is 0 Å². The van der Waals surface area contributed by atoms with E-state index in [1.807, 2.05) is 17.5 Å². The number of hydrogen-bond donors (Lipinski definition) is 1. The molecule has 1 aliphatic heterocycles. The summed E-state index contributed by atoms with van der Waals surface area (Å²) in [7, 11) is 4.89. The van der Waals surface area contributed by atoms with Crippen LogP contribution >= 0.6 is 11.3 Å². The Kier molecular flexibility index (Phi) is 6.47. The van der Waals surface area contributed by atoms with Gasteiger partial charge >= 0.3 is 0 Å². The quantitative estimate of drug-likeness (QED) is 0.713. The predicted octanol–water partition coefficient (Wildman–Crippen LogP) is 4.62. The normalized spacial score (nSPS) is 27.6. The zero-order valence-corrected chi connectivity index (χ0v) is 20.2. The van der Waals surface area contributed by atoms with Crippen LogP contribution in [0.25, 0.3) is 0 Å². The molecule has 7 heteroatoms. The van der Waals surface area contributed by atoms with E-state index in [0.717, 1.165) is 17.7 Å². The maximum atomic E-state index is 13.9. The van der Waals surface area contributed by atoms with E-state index in [1.54, 1.807) is 49.6 Å². The summed E-state index contributed by atoms with van der Waals surface area (Å²) in [4.78, 5) is 29.9. The fourth-order valence-electron chi connectivity index (χ4n) is 5.20. The van der Waals surface area contributed by atoms with E-state index in [-0.39, 0.29) is 23.9 Å². The number of amides is 2. The van der Waals surface area contributed by atoms with Gasteiger partial charge in [-0.1, -0.05) is 32.8 Å². The van der Waals surface area contributed by atoms with E-state index in [4.69, 9.17) is 9.47 Å². The zero-order chi connectivity index (χ0) is 23.0. The average Bonchev–Trinajstić information content (AvgIpc) is 3.32. The van der Waals surface area contributed by atoms with Crippen LogP contribution in [0, 0.1) is 11.8 Å². The number of carbonyl (C=O) groups excluding carboxylic acids is 2. The first-order chi connectivity index (χ1) is 15.4. The lowest BCUT2D eigenvalue weighted by molar-refractivity contribution is -0.125. The van der Waals surface area contributed by atoms with Crippen molar-refractivity contribution in [2.75, 3.05) is 21.3 Å². The molecule has 1 aromatic carbocycles. The Morgan fingerprint density at radius 3 is 2.53 bits per heavy atom. The Labute approximate surface area is 193 Å². The fourth-order valence-corrected chi connectivity index (χ4v) is 6.11. The summed E-state index contributed by atoms with van der Waals surface area (Å²) in [6.07, 6.45) is 3.31. The number of likely N-dealkylation sites (N-methyl/N-ethyl adjacent to an activating group) is 1. The van der Waals surface area contributed by atoms with Crippen LogP contribution < -0.4 is 14.8 Å². The first-order valence-electron chi connectivity index (χ1n) is 11.2. The van der Waals surface area contributed by atoms with Gasteiger partial charge in [-0.2, -0.15) is 0 Å². The second-order valence-electron chi connectivity index (χ2n) is 9.03. The van der Waals surface area contributed by atoms with Crippen molar-refractivity contribution >= 4 is 23.2 Å². The molecule has 2 aromatic rings. The Balaban J connectivity index is 1.80. The molecular formula is C25H32N2O4S. The minimum absolute atomic E-state index is 0.0397. The van der Waals surface area contributed by atoms with Gasteiger partial charge in [-0.25, -0.2) is 0 Å². The lowest BCUT2D eigenvalue weighted by Crippen LogP contribution is -2.50. The molecule has 0 unspecified atom stereocenters. The number of fused-ring (bicyclic) bond motifs is 1. The summed E-state index contributed by atoms with van der Waals surface area (Å²) in [6, 6.07) is 7.23. The van der Waals surface area contributed by atoms with Crippen LogP contribution in [0.4, 0.5) is 0 Å². The Morgan fingerprint density at radius 2 is 1.88 bits per heavy atom. The molecule has 2 amide bonds. The monoisotopic (exact) mass is 456 g/mol. The second kappa shape index (κ2) is 9.14. The number of carbonyl (C=O) groups is 2. The van der Waals surface area contributed by atoms with Crippen molar-refractivity contribution in [3.8, 4) is 11.5 Å². The minimum Gasteiger partial charge on any atom is -0.493 e. The smallest absolute Gasteiger partial charge is 0.254 e. The molecule has 4 rings (SSSR count). The first-order valence-corrected chi connectivity index (χ1v) is 12.1. The number of nitrogens with one attached hydrogen (secondary N) is 1. The van der Waals surface area contributed by atoms with Crippen molar-refractivity contribution in [3.05, 3.63) is 45.6 Å². The third-order valence-corrected chi connectivity index (χ3v) is 8.27. The molecule has 0 spiro atoms. The van der Waals surface area contributed by atoms with Crippen LogP contribution in [0.2, 0.25) is 0 Å². The van der Waals surface area contributed by atoms with E-state index in [2.05, 4.69) is 19.2 Å². The highest BCUT2D eigenvalue weighted by Crippen LogP contribution is 2.46. The third kappa shape index (κ3) is 3.87. The van der Waals surface area contributed by atoms with Crippen LogP contribution in [-0.4, -0.2) is 44.0 Å². The lowest BCUT2D eigenvalue weighted by atomic mass is 9.77. The van der Waals surface area contributed by atoms with Gasteiger partial charge < -0.3 is 19.7 Å². The number of ether oxygens (including phenoxy) is 2. The van der Waals surface area contributed by atoms with Crippen LogP contribution in [0.15, 0.2) is 29.6 Å². The molecule has 5 atom stereocenters. The van der Waals surface area contributed by atoms with Gasteiger partial charge in [0.25, 0.3) is 5.91 Å². The molecule has 2 heterocycles. The number of rotatable bonds is 5. The Morgan fingerprint density at radius 1 is 1.16 bits per heavy atom. The molecule has 172 valence electrons. The highest BCUT2D eigenvalue weighted by Gasteiger charge is 2.45. The average molecular weight is 457 g/mol. The highest BCUT2D eigenvalue weighted by atomic mass is 32.1. The maximum absolute atomic E-state index is 13.9. The molecule has 0 saturated heterocycles. The van der Waals surface area contributed by atoms with Crippen molar-refractivity contribution in [1.82, 2.24) is 10.2 Å². The largest absolute Gasteiger partial charge is 0.493 e. The van der Waals surface area contributed by atoms with Crippen LogP contribution in [0.5, 0.6) is 11.5 Å². The summed E-state index contributed by atoms with van der Waals surface area (Å²) in [5, 5.41) is 5.34. The minimum atomic E-state index is -0.532. The van der Waals surface area contributed by atoms with Crippen molar-refractivity contribution in [2.45, 2.75) is 51.1 Å². The van der Waals surface area contributed by atoms with Gasteiger partial charge in [-0.05, 0) is 47.4 Å².